The molecule has 0 unspecified atom stereocenters. The molecule has 1 aliphatic heterocycles. The van der Waals surface area contributed by atoms with Gasteiger partial charge in [-0.1, -0.05) is 53.5 Å². The van der Waals surface area contributed by atoms with Crippen LogP contribution in [0.2, 0.25) is 10.0 Å². The number of amides is 1. The van der Waals surface area contributed by atoms with Gasteiger partial charge in [-0.2, -0.15) is 5.10 Å². The summed E-state index contributed by atoms with van der Waals surface area (Å²) in [6.45, 7) is 2.59. The summed E-state index contributed by atoms with van der Waals surface area (Å²) in [6, 6.07) is 24.5. The molecule has 0 saturated carbocycles. The molecule has 1 fully saturated rings. The number of piperazine rings is 1. The van der Waals surface area contributed by atoms with Crippen LogP contribution in [0.25, 0.3) is 16.9 Å². The SMILES string of the molecule is COc1ccccc1N1CCN(C(=O)c2cc(-c3ccccc3Cl)nn2-c2ccc(Cl)cc2)CC1. The molecule has 0 aliphatic carbocycles. The molecule has 0 bridgehead atoms. The summed E-state index contributed by atoms with van der Waals surface area (Å²) >= 11 is 12.5. The number of carbonyl (C=O) groups excluding carboxylic acids is 1. The molecule has 6 nitrogen and oxygen atoms in total. The molecule has 1 saturated heterocycles. The minimum Gasteiger partial charge on any atom is -0.495 e. The zero-order valence-electron chi connectivity index (χ0n) is 19.2. The molecule has 4 aromatic rings. The molecule has 1 aliphatic rings. The molecule has 5 rings (SSSR count). The van der Waals surface area contributed by atoms with Crippen molar-refractivity contribution >= 4 is 34.8 Å². The molecule has 8 heteroatoms. The summed E-state index contributed by atoms with van der Waals surface area (Å²) in [6.07, 6.45) is 0. The normalized spacial score (nSPS) is 13.7. The van der Waals surface area contributed by atoms with E-state index in [0.29, 0.717) is 47.6 Å². The topological polar surface area (TPSA) is 50.6 Å². The average molecular weight is 507 g/mol. The lowest BCUT2D eigenvalue weighted by molar-refractivity contribution is 0.0737. The lowest BCUT2D eigenvalue weighted by Gasteiger charge is -2.36. The van der Waals surface area contributed by atoms with Crippen LogP contribution in [0.1, 0.15) is 10.5 Å². The second-order valence-electron chi connectivity index (χ2n) is 8.23. The van der Waals surface area contributed by atoms with Gasteiger partial charge in [-0.3, -0.25) is 4.79 Å². The van der Waals surface area contributed by atoms with E-state index in [4.69, 9.17) is 33.0 Å². The highest BCUT2D eigenvalue weighted by Gasteiger charge is 2.27. The Balaban J connectivity index is 1.44. The molecule has 0 atom stereocenters. The van der Waals surface area contributed by atoms with E-state index in [1.54, 1.807) is 23.9 Å². The van der Waals surface area contributed by atoms with Crippen molar-refractivity contribution in [1.29, 1.82) is 0 Å². The van der Waals surface area contributed by atoms with E-state index in [1.165, 1.54) is 0 Å². The van der Waals surface area contributed by atoms with Crippen LogP contribution in [-0.2, 0) is 0 Å². The van der Waals surface area contributed by atoms with Gasteiger partial charge in [0.25, 0.3) is 5.91 Å². The Morgan fingerprint density at radius 2 is 1.57 bits per heavy atom. The molecule has 1 aromatic heterocycles. The predicted molar refractivity (Wildman–Crippen MR) is 140 cm³/mol. The smallest absolute Gasteiger partial charge is 0.272 e. The van der Waals surface area contributed by atoms with Crippen molar-refractivity contribution in [3.05, 3.63) is 94.6 Å². The fourth-order valence-electron chi connectivity index (χ4n) is 4.32. The van der Waals surface area contributed by atoms with Gasteiger partial charge >= 0.3 is 0 Å². The highest BCUT2D eigenvalue weighted by atomic mass is 35.5. The number of methoxy groups -OCH3 is 1. The molecular weight excluding hydrogens is 483 g/mol. The Labute approximate surface area is 214 Å². The van der Waals surface area contributed by atoms with E-state index in [-0.39, 0.29) is 5.91 Å². The Morgan fingerprint density at radius 3 is 2.29 bits per heavy atom. The van der Waals surface area contributed by atoms with Gasteiger partial charge in [0.1, 0.15) is 11.4 Å². The Kier molecular flexibility index (Phi) is 6.66. The maximum absolute atomic E-state index is 13.7. The molecule has 0 spiro atoms. The number of rotatable bonds is 5. The maximum Gasteiger partial charge on any atom is 0.272 e. The number of anilines is 1. The number of benzene rings is 3. The van der Waals surface area contributed by atoms with Crippen molar-refractivity contribution < 1.29 is 9.53 Å². The predicted octanol–water partition coefficient (Wildman–Crippen LogP) is 5.82. The third-order valence-electron chi connectivity index (χ3n) is 6.14. The van der Waals surface area contributed by atoms with E-state index < -0.39 is 0 Å². The third-order valence-corrected chi connectivity index (χ3v) is 6.72. The zero-order chi connectivity index (χ0) is 24.4. The minimum atomic E-state index is -0.0783. The Bertz CT molecular complexity index is 1350. The summed E-state index contributed by atoms with van der Waals surface area (Å²) in [4.78, 5) is 17.8. The van der Waals surface area contributed by atoms with Crippen molar-refractivity contribution in [3.63, 3.8) is 0 Å². The Hall–Kier alpha value is -3.48. The quantitative estimate of drug-likeness (QED) is 0.342. The van der Waals surface area contributed by atoms with Gasteiger partial charge in [-0.05, 0) is 48.5 Å². The first-order valence-corrected chi connectivity index (χ1v) is 12.1. The molecule has 178 valence electrons. The lowest BCUT2D eigenvalue weighted by atomic mass is 10.1. The first-order valence-electron chi connectivity index (χ1n) is 11.3. The Morgan fingerprint density at radius 1 is 0.886 bits per heavy atom. The molecule has 35 heavy (non-hydrogen) atoms. The fraction of sp³-hybridized carbons (Fsp3) is 0.185. The van der Waals surface area contributed by atoms with Crippen LogP contribution in [0.15, 0.2) is 78.9 Å². The van der Waals surface area contributed by atoms with E-state index >= 15 is 0 Å². The second kappa shape index (κ2) is 10.0. The summed E-state index contributed by atoms with van der Waals surface area (Å²) < 4.78 is 7.19. The maximum atomic E-state index is 13.7. The second-order valence-corrected chi connectivity index (χ2v) is 9.08. The first-order chi connectivity index (χ1) is 17.0. The van der Waals surface area contributed by atoms with Crippen molar-refractivity contribution in [2.45, 2.75) is 0 Å². The van der Waals surface area contributed by atoms with Gasteiger partial charge < -0.3 is 14.5 Å². The molecule has 3 aromatic carbocycles. The van der Waals surface area contributed by atoms with Crippen molar-refractivity contribution in [2.24, 2.45) is 0 Å². The summed E-state index contributed by atoms with van der Waals surface area (Å²) in [7, 11) is 1.67. The van der Waals surface area contributed by atoms with E-state index in [0.717, 1.165) is 22.7 Å². The average Bonchev–Trinajstić information content (AvgIpc) is 3.34. The van der Waals surface area contributed by atoms with Gasteiger partial charge in [0.05, 0.1) is 29.2 Å². The number of nitrogens with zero attached hydrogens (tertiary/aromatic N) is 4. The molecule has 1 amide bonds. The zero-order valence-corrected chi connectivity index (χ0v) is 20.7. The highest BCUT2D eigenvalue weighted by molar-refractivity contribution is 6.33. The fourth-order valence-corrected chi connectivity index (χ4v) is 4.68. The number of ether oxygens (including phenoxy) is 1. The number of hydrogen-bond acceptors (Lipinski definition) is 4. The molecule has 0 N–H and O–H groups in total. The number of aromatic nitrogens is 2. The van der Waals surface area contributed by atoms with E-state index in [9.17, 15) is 4.79 Å². The van der Waals surface area contributed by atoms with Gasteiger partial charge in [-0.25, -0.2) is 4.68 Å². The van der Waals surface area contributed by atoms with Crippen molar-refractivity contribution in [1.82, 2.24) is 14.7 Å². The monoisotopic (exact) mass is 506 g/mol. The van der Waals surface area contributed by atoms with Gasteiger partial charge in [0.15, 0.2) is 0 Å². The van der Waals surface area contributed by atoms with Crippen molar-refractivity contribution in [3.8, 4) is 22.7 Å². The van der Waals surface area contributed by atoms with Crippen LogP contribution in [0, 0.1) is 0 Å². The van der Waals surface area contributed by atoms with E-state index in [2.05, 4.69) is 4.90 Å². The van der Waals surface area contributed by atoms with Crippen LogP contribution < -0.4 is 9.64 Å². The summed E-state index contributed by atoms with van der Waals surface area (Å²) in [5.41, 5.74) is 3.68. The summed E-state index contributed by atoms with van der Waals surface area (Å²) in [5.74, 6) is 0.753. The first kappa shape index (κ1) is 23.3. The third kappa shape index (κ3) is 4.72. The minimum absolute atomic E-state index is 0.0783. The summed E-state index contributed by atoms with van der Waals surface area (Å²) in [5, 5.41) is 5.96. The van der Waals surface area contributed by atoms with Crippen LogP contribution in [0.4, 0.5) is 5.69 Å². The molecule has 0 radical (unpaired) electrons. The standard InChI is InChI=1S/C27H24Cl2N4O2/c1-35-26-9-5-4-8-24(26)31-14-16-32(17-15-31)27(34)25-18-23(21-6-2-3-7-22(21)29)30-33(25)20-12-10-19(28)11-13-20/h2-13,18H,14-17H2,1H3. The molecule has 2 heterocycles. The van der Waals surface area contributed by atoms with Gasteiger partial charge in [-0.15, -0.1) is 0 Å². The van der Waals surface area contributed by atoms with Crippen LogP contribution >= 0.6 is 23.2 Å². The number of hydrogen-bond donors (Lipinski definition) is 0. The highest BCUT2D eigenvalue weighted by Crippen LogP contribution is 2.31. The van der Waals surface area contributed by atoms with E-state index in [1.807, 2.05) is 71.6 Å². The van der Waals surface area contributed by atoms with Crippen LogP contribution in [0.3, 0.4) is 0 Å². The lowest BCUT2D eigenvalue weighted by Crippen LogP contribution is -2.49. The van der Waals surface area contributed by atoms with Crippen LogP contribution in [-0.4, -0.2) is 53.9 Å². The largest absolute Gasteiger partial charge is 0.495 e. The number of carbonyl (C=O) groups is 1. The van der Waals surface area contributed by atoms with Crippen LogP contribution in [0.5, 0.6) is 5.75 Å². The van der Waals surface area contributed by atoms with Gasteiger partial charge in [0, 0.05) is 36.8 Å². The number of halogens is 2. The number of para-hydroxylation sites is 2. The molecular formula is C27H24Cl2N4O2. The van der Waals surface area contributed by atoms with Gasteiger partial charge in [0.2, 0.25) is 0 Å². The van der Waals surface area contributed by atoms with Crippen molar-refractivity contribution in [2.75, 3.05) is 38.2 Å².